The Kier molecular flexibility index (Phi) is 18.4. The van der Waals surface area contributed by atoms with Crippen LogP contribution in [0.3, 0.4) is 0 Å². The number of aromatic hydroxyl groups is 2. The molecule has 0 radical (unpaired) electrons. The maximum Gasteiger partial charge on any atom is 0.201 e. The lowest BCUT2D eigenvalue weighted by Crippen LogP contribution is -2.54. The number of hydrogen-bond donors (Lipinski definition) is 7. The highest BCUT2D eigenvalue weighted by Gasteiger charge is 2.48. The van der Waals surface area contributed by atoms with Crippen molar-refractivity contribution in [3.05, 3.63) is 111 Å². The number of phenols is 2. The molecule has 4 aliphatic heterocycles. The molecule has 14 heteroatoms. The van der Waals surface area contributed by atoms with E-state index in [0.717, 1.165) is 97.8 Å². The number of carbonyl (C=O) groups is 1. The van der Waals surface area contributed by atoms with E-state index in [1.165, 1.54) is 24.7 Å². The van der Waals surface area contributed by atoms with E-state index >= 15 is 0 Å². The Morgan fingerprint density at radius 1 is 0.848 bits per heavy atom. The summed E-state index contributed by atoms with van der Waals surface area (Å²) in [7, 11) is 5.05. The maximum absolute atomic E-state index is 13.4. The molecule has 7 aliphatic rings. The van der Waals surface area contributed by atoms with E-state index in [4.69, 9.17) is 24.9 Å². The molecule has 0 aromatic heterocycles. The molecule has 4 aromatic carbocycles. The number of ether oxygens (including phenoxy) is 3. The van der Waals surface area contributed by atoms with Crippen LogP contribution in [0.5, 0.6) is 28.7 Å². The molecule has 12 nitrogen and oxygen atoms in total. The number of Topliss-reactive ketones (excluding diaryl/α,β-unsaturated/α-hetero) is 1. The highest BCUT2D eigenvalue weighted by molar-refractivity contribution is 8.76. The van der Waals surface area contributed by atoms with Crippen molar-refractivity contribution in [2.45, 2.75) is 171 Å². The molecule has 420 valence electrons. The number of ketones is 1. The smallest absolute Gasteiger partial charge is 0.201 e. The van der Waals surface area contributed by atoms with Crippen molar-refractivity contribution in [1.82, 2.24) is 10.6 Å². The van der Waals surface area contributed by atoms with Gasteiger partial charge in [0.2, 0.25) is 6.29 Å². The van der Waals surface area contributed by atoms with Gasteiger partial charge in [-0.25, -0.2) is 4.99 Å². The summed E-state index contributed by atoms with van der Waals surface area (Å²) < 4.78 is 19.6. The highest BCUT2D eigenvalue weighted by Crippen LogP contribution is 2.54. The van der Waals surface area contributed by atoms with Gasteiger partial charge >= 0.3 is 0 Å². The Morgan fingerprint density at radius 3 is 2.47 bits per heavy atom. The summed E-state index contributed by atoms with van der Waals surface area (Å²) in [5.41, 5.74) is 13.9. The zero-order chi connectivity index (χ0) is 55.1. The van der Waals surface area contributed by atoms with Gasteiger partial charge in [0.1, 0.15) is 18.3 Å². The molecule has 2 fully saturated rings. The first-order chi connectivity index (χ1) is 38.3. The van der Waals surface area contributed by atoms with E-state index in [2.05, 4.69) is 96.7 Å². The summed E-state index contributed by atoms with van der Waals surface area (Å²) in [6, 6.07) is 22.0. The predicted molar refractivity (Wildman–Crippen MR) is 316 cm³/mol. The van der Waals surface area contributed by atoms with Crippen molar-refractivity contribution < 1.29 is 39.4 Å². The minimum atomic E-state index is -1.23. The first-order valence-corrected chi connectivity index (χ1v) is 31.5. The highest BCUT2D eigenvalue weighted by atomic mass is 33.1. The van der Waals surface area contributed by atoms with Gasteiger partial charge in [-0.1, -0.05) is 133 Å². The van der Waals surface area contributed by atoms with Gasteiger partial charge in [-0.15, -0.1) is 0 Å². The zero-order valence-corrected chi connectivity index (χ0v) is 47.9. The first kappa shape index (κ1) is 56.8. The van der Waals surface area contributed by atoms with E-state index in [0.29, 0.717) is 72.5 Å². The molecule has 0 saturated heterocycles. The summed E-state index contributed by atoms with van der Waals surface area (Å²) in [5.74, 6) is 17.3. The largest absolute Gasteiger partial charge is 0.508 e. The number of aryl methyl sites for hydroxylation is 4. The molecule has 79 heavy (non-hydrogen) atoms. The van der Waals surface area contributed by atoms with Crippen molar-refractivity contribution >= 4 is 33.3 Å². The standard InChI is InChI=1S/C65H80N4O8S2/c1-41(2)57-39-79-78-38-55-54-36-53-45-22-25-50(71)35-49(70)24-21-44-23-26-58(73)60(75-3)52(44)17-10-15-46(33-45)59(61(53)77-62(54)74)76-40-67-64(28-12-18-56(55)68-63(66)69-57)27-11-16-47(37-64)65(29-8-5-9-30-65)48-31-43(32-51(72)34-48)20-19-42-13-6-4-7-14-42/h4,6-7,13-14,23,26,31-34,41,47,50,54-57,62,67,71-74H,5,8-9,11,15-16,19-22,24-25,27-30,35-40H2,1-3H3,(H3,66,68,69). The lowest BCUT2D eigenvalue weighted by molar-refractivity contribution is -0.121. The second-order valence-electron chi connectivity index (χ2n) is 23.6. The van der Waals surface area contributed by atoms with Gasteiger partial charge in [-0.3, -0.25) is 10.1 Å². The average Bonchev–Trinajstić information content (AvgIpc) is 3.50. The third-order valence-corrected chi connectivity index (χ3v) is 20.6. The molecule has 6 bridgehead atoms. The number of rotatable bonds is 7. The number of guanidine groups is 1. The topological polar surface area (TPSA) is 188 Å². The third kappa shape index (κ3) is 13.2. The molecule has 8 atom stereocenters. The van der Waals surface area contributed by atoms with Crippen LogP contribution < -0.4 is 30.6 Å². The molecule has 8 unspecified atom stereocenters. The van der Waals surface area contributed by atoms with Gasteiger partial charge in [0, 0.05) is 65.7 Å². The molecule has 8 N–H and O–H groups in total. The van der Waals surface area contributed by atoms with Crippen LogP contribution in [0.1, 0.15) is 142 Å². The van der Waals surface area contributed by atoms with Crippen molar-refractivity contribution in [3.8, 4) is 52.4 Å². The van der Waals surface area contributed by atoms with Crippen LogP contribution in [0.2, 0.25) is 0 Å². The molecule has 2 saturated carbocycles. The molecule has 3 aliphatic carbocycles. The van der Waals surface area contributed by atoms with Crippen LogP contribution >= 0.6 is 21.6 Å². The second-order valence-corrected chi connectivity index (χ2v) is 26.1. The number of fused-ring (bicyclic) bond motifs is 7. The quantitative estimate of drug-likeness (QED) is 0.0685. The summed E-state index contributed by atoms with van der Waals surface area (Å²) in [5, 5.41) is 53.9. The summed E-state index contributed by atoms with van der Waals surface area (Å²) in [4.78, 5) is 18.4. The van der Waals surface area contributed by atoms with Crippen LogP contribution in [0.25, 0.3) is 0 Å². The lowest BCUT2D eigenvalue weighted by atomic mass is 9.56. The first-order valence-electron chi connectivity index (χ1n) is 29.0. The number of hydrogen-bond acceptors (Lipinski definition) is 14. The Morgan fingerprint density at radius 2 is 1.66 bits per heavy atom. The van der Waals surface area contributed by atoms with Gasteiger partial charge in [0.25, 0.3) is 0 Å². The van der Waals surface area contributed by atoms with Crippen LogP contribution in [0.15, 0.2) is 71.7 Å². The zero-order valence-electron chi connectivity index (χ0n) is 46.3. The number of nitrogens with zero attached hydrogens (tertiary/aromatic N) is 1. The Bertz CT molecular complexity index is 2980. The second kappa shape index (κ2) is 25.5. The third-order valence-electron chi connectivity index (χ3n) is 18.1. The average molecular weight is 1110 g/mol. The number of aliphatic hydroxyl groups is 2. The normalized spacial score (nSPS) is 27.4. The van der Waals surface area contributed by atoms with Crippen molar-refractivity contribution in [2.75, 3.05) is 25.3 Å². The van der Waals surface area contributed by atoms with Gasteiger partial charge in [0.15, 0.2) is 29.0 Å². The summed E-state index contributed by atoms with van der Waals surface area (Å²) in [6.45, 7) is 4.47. The molecule has 11 rings (SSSR count). The van der Waals surface area contributed by atoms with Gasteiger partial charge < -0.3 is 45.7 Å². The number of nitrogens with two attached hydrogens (primary N) is 1. The van der Waals surface area contributed by atoms with Crippen LogP contribution in [0.4, 0.5) is 0 Å². The molecular weight excluding hydrogens is 1030 g/mol. The Balaban J connectivity index is 1.07. The van der Waals surface area contributed by atoms with Crippen LogP contribution in [0, 0.1) is 47.4 Å². The number of nitrogens with one attached hydrogen (secondary N) is 2. The number of carbonyl (C=O) groups excluding carboxylic acids is 1. The molecule has 4 aromatic rings. The van der Waals surface area contributed by atoms with Crippen LogP contribution in [-0.4, -0.2) is 87.5 Å². The van der Waals surface area contributed by atoms with E-state index in [1.54, 1.807) is 33.7 Å². The van der Waals surface area contributed by atoms with Crippen molar-refractivity contribution in [1.29, 1.82) is 0 Å². The number of methoxy groups -OCH3 is 1. The van der Waals surface area contributed by atoms with E-state index in [-0.39, 0.29) is 66.6 Å². The Hall–Kier alpha value is -5.48. The van der Waals surface area contributed by atoms with Gasteiger partial charge in [-0.2, -0.15) is 0 Å². The van der Waals surface area contributed by atoms with E-state index in [9.17, 15) is 25.2 Å². The SMILES string of the molecule is COc1c(O)ccc2c1C#CCc1cc(c3c4c1OCNC1(CC#CC5NC(N)=NC(C(C)C)CSSCC5C(C3)C(O)O4)CCCC(C3(c4cc(O)cc(CCc5ccccc5)c4)CCCCC3)C1)CCC(O)CC(=O)CC2. The predicted octanol–water partition coefficient (Wildman–Crippen LogP) is 10.0. The molecule has 4 heterocycles. The molecule has 0 amide bonds. The van der Waals surface area contributed by atoms with Crippen molar-refractivity contribution in [2.24, 2.45) is 34.4 Å². The van der Waals surface area contributed by atoms with Gasteiger partial charge in [-0.05, 0) is 134 Å². The molecule has 1 spiro atoms. The fourth-order valence-electron chi connectivity index (χ4n) is 13.7. The Labute approximate surface area is 475 Å². The number of aliphatic imine (C=N–C) groups is 1. The summed E-state index contributed by atoms with van der Waals surface area (Å²) >= 11 is 0. The summed E-state index contributed by atoms with van der Waals surface area (Å²) in [6.07, 6.45) is 11.7. The fraction of sp³-hybridized carbons (Fsp3) is 0.538. The van der Waals surface area contributed by atoms with Crippen molar-refractivity contribution in [3.63, 3.8) is 0 Å². The minimum absolute atomic E-state index is 0.00689. The lowest BCUT2D eigenvalue weighted by Gasteiger charge is -2.51. The fourth-order valence-corrected chi connectivity index (χ4v) is 16.6. The number of phenolic OH excluding ortho intramolecular Hbond substituents is 2. The van der Waals surface area contributed by atoms with E-state index < -0.39 is 29.9 Å². The molecular formula is C65H80N4O8S2. The number of aliphatic hydroxyl groups excluding tert-OH is 2. The number of benzene rings is 4. The monoisotopic (exact) mass is 1110 g/mol. The minimum Gasteiger partial charge on any atom is -0.508 e. The maximum atomic E-state index is 13.4. The van der Waals surface area contributed by atoms with Gasteiger partial charge in [0.05, 0.1) is 30.9 Å². The van der Waals surface area contributed by atoms with E-state index in [1.807, 2.05) is 6.07 Å². The van der Waals surface area contributed by atoms with Crippen LogP contribution in [-0.2, 0) is 48.7 Å².